The van der Waals surface area contributed by atoms with E-state index < -0.39 is 0 Å². The molecule has 4 nitrogen and oxygen atoms in total. The van der Waals surface area contributed by atoms with Crippen LogP contribution in [-0.2, 0) is 22.4 Å². The van der Waals surface area contributed by atoms with E-state index in [2.05, 4.69) is 12.1 Å². The number of rotatable bonds is 7. The minimum absolute atomic E-state index is 0.144. The Bertz CT molecular complexity index is 1000. The summed E-state index contributed by atoms with van der Waals surface area (Å²) >= 11 is 0. The molecule has 3 aromatic rings. The fourth-order valence-electron chi connectivity index (χ4n) is 4.06. The second-order valence-corrected chi connectivity index (χ2v) is 8.30. The van der Waals surface area contributed by atoms with Crippen LogP contribution in [0.4, 0.5) is 0 Å². The lowest BCUT2D eigenvalue weighted by Gasteiger charge is -2.27. The molecule has 0 atom stereocenters. The predicted octanol–water partition coefficient (Wildman–Crippen LogP) is 5.79. The van der Waals surface area contributed by atoms with Crippen molar-refractivity contribution in [2.75, 3.05) is 0 Å². The van der Waals surface area contributed by atoms with E-state index in [-0.39, 0.29) is 24.0 Å². The van der Waals surface area contributed by atoms with E-state index in [0.717, 1.165) is 12.8 Å². The van der Waals surface area contributed by atoms with Crippen molar-refractivity contribution in [1.29, 1.82) is 0 Å². The first-order valence-electron chi connectivity index (χ1n) is 11.3. The maximum absolute atomic E-state index is 12.5. The van der Waals surface area contributed by atoms with Crippen LogP contribution in [0.3, 0.4) is 0 Å². The zero-order valence-electron chi connectivity index (χ0n) is 18.1. The molecule has 0 unspecified atom stereocenters. The number of aryl methyl sites for hydroxylation is 2. The van der Waals surface area contributed by atoms with Gasteiger partial charge in [-0.05, 0) is 73.9 Å². The van der Waals surface area contributed by atoms with Gasteiger partial charge in [0.1, 0.15) is 11.9 Å². The summed E-state index contributed by atoms with van der Waals surface area (Å²) in [6.45, 7) is 0. The summed E-state index contributed by atoms with van der Waals surface area (Å²) in [4.78, 5) is 24.9. The Balaban J connectivity index is 1.22. The number of ether oxygens (including phenoxy) is 2. The van der Waals surface area contributed by atoms with Crippen LogP contribution in [0.5, 0.6) is 5.75 Å². The number of carbonyl (C=O) groups is 2. The molecule has 4 rings (SSSR count). The summed E-state index contributed by atoms with van der Waals surface area (Å²) in [5, 5.41) is 0. The fourth-order valence-corrected chi connectivity index (χ4v) is 4.06. The highest BCUT2D eigenvalue weighted by Crippen LogP contribution is 2.28. The molecular formula is C28H28O4. The van der Waals surface area contributed by atoms with Crippen molar-refractivity contribution in [3.63, 3.8) is 0 Å². The average molecular weight is 429 g/mol. The highest BCUT2D eigenvalue weighted by molar-refractivity contribution is 5.89. The second kappa shape index (κ2) is 10.8. The van der Waals surface area contributed by atoms with Crippen molar-refractivity contribution >= 4 is 11.9 Å². The van der Waals surface area contributed by atoms with Gasteiger partial charge in [0, 0.05) is 0 Å². The SMILES string of the molecule is O=C(OC1CCC(C(=O)Oc2ccccc2)CC1)c1ccc(CCc2ccccc2)cc1. The lowest BCUT2D eigenvalue weighted by Crippen LogP contribution is -2.30. The second-order valence-electron chi connectivity index (χ2n) is 8.30. The molecule has 0 saturated heterocycles. The third-order valence-electron chi connectivity index (χ3n) is 5.98. The predicted molar refractivity (Wildman–Crippen MR) is 124 cm³/mol. The number of para-hydroxylation sites is 1. The average Bonchev–Trinajstić information content (AvgIpc) is 2.85. The molecule has 3 aromatic carbocycles. The van der Waals surface area contributed by atoms with Crippen LogP contribution in [0.1, 0.15) is 47.2 Å². The minimum Gasteiger partial charge on any atom is -0.459 e. The number of hydrogen-bond acceptors (Lipinski definition) is 4. The van der Waals surface area contributed by atoms with Crippen LogP contribution in [0.15, 0.2) is 84.9 Å². The lowest BCUT2D eigenvalue weighted by atomic mass is 9.87. The van der Waals surface area contributed by atoms with Crippen molar-refractivity contribution in [2.24, 2.45) is 5.92 Å². The zero-order chi connectivity index (χ0) is 22.2. The Labute approximate surface area is 189 Å². The summed E-state index contributed by atoms with van der Waals surface area (Å²) in [7, 11) is 0. The molecule has 32 heavy (non-hydrogen) atoms. The van der Waals surface area contributed by atoms with Crippen LogP contribution < -0.4 is 4.74 Å². The van der Waals surface area contributed by atoms with Gasteiger partial charge in [0.25, 0.3) is 0 Å². The Morgan fingerprint density at radius 3 is 1.88 bits per heavy atom. The van der Waals surface area contributed by atoms with Gasteiger partial charge in [0.2, 0.25) is 0 Å². The summed E-state index contributed by atoms with van der Waals surface area (Å²) in [5.41, 5.74) is 3.07. The summed E-state index contributed by atoms with van der Waals surface area (Å²) in [5.74, 6) is -0.0747. The van der Waals surface area contributed by atoms with Gasteiger partial charge < -0.3 is 9.47 Å². The molecule has 0 bridgehead atoms. The van der Waals surface area contributed by atoms with E-state index in [4.69, 9.17) is 9.47 Å². The topological polar surface area (TPSA) is 52.6 Å². The van der Waals surface area contributed by atoms with Crippen molar-refractivity contribution in [3.05, 3.63) is 102 Å². The largest absolute Gasteiger partial charge is 0.459 e. The lowest BCUT2D eigenvalue weighted by molar-refractivity contribution is -0.140. The molecular weight excluding hydrogens is 400 g/mol. The third kappa shape index (κ3) is 6.07. The van der Waals surface area contributed by atoms with Crippen LogP contribution in [-0.4, -0.2) is 18.0 Å². The van der Waals surface area contributed by atoms with E-state index >= 15 is 0 Å². The molecule has 0 aliphatic heterocycles. The van der Waals surface area contributed by atoms with E-state index in [1.807, 2.05) is 60.7 Å². The molecule has 1 aliphatic carbocycles. The Hall–Kier alpha value is -3.40. The number of hydrogen-bond donors (Lipinski definition) is 0. The van der Waals surface area contributed by atoms with Crippen molar-refractivity contribution in [1.82, 2.24) is 0 Å². The van der Waals surface area contributed by atoms with Crippen molar-refractivity contribution < 1.29 is 19.1 Å². The molecule has 0 radical (unpaired) electrons. The highest BCUT2D eigenvalue weighted by atomic mass is 16.5. The van der Waals surface area contributed by atoms with Gasteiger partial charge in [-0.3, -0.25) is 4.79 Å². The Kier molecular flexibility index (Phi) is 7.34. The molecule has 0 N–H and O–H groups in total. The summed E-state index contributed by atoms with van der Waals surface area (Å²) in [6, 6.07) is 27.2. The first-order valence-corrected chi connectivity index (χ1v) is 11.3. The number of benzene rings is 3. The van der Waals surface area contributed by atoms with Gasteiger partial charge >= 0.3 is 11.9 Å². The van der Waals surface area contributed by atoms with Crippen molar-refractivity contribution in [3.8, 4) is 5.75 Å². The third-order valence-corrected chi connectivity index (χ3v) is 5.98. The quantitative estimate of drug-likeness (QED) is 0.353. The molecule has 0 aromatic heterocycles. The van der Waals surface area contributed by atoms with Crippen LogP contribution >= 0.6 is 0 Å². The maximum Gasteiger partial charge on any atom is 0.338 e. The summed E-state index contributed by atoms with van der Waals surface area (Å²) in [6.07, 6.45) is 4.44. The zero-order valence-corrected chi connectivity index (χ0v) is 18.1. The normalized spacial score (nSPS) is 18.0. The summed E-state index contributed by atoms with van der Waals surface area (Å²) < 4.78 is 11.2. The first kappa shape index (κ1) is 21.8. The number of carbonyl (C=O) groups excluding carboxylic acids is 2. The van der Waals surface area contributed by atoms with E-state index in [1.165, 1.54) is 11.1 Å². The molecule has 0 heterocycles. The molecule has 0 spiro atoms. The maximum atomic E-state index is 12.5. The molecule has 4 heteroatoms. The monoisotopic (exact) mass is 428 g/mol. The highest BCUT2D eigenvalue weighted by Gasteiger charge is 2.29. The molecule has 1 fully saturated rings. The molecule has 1 saturated carbocycles. The van der Waals surface area contributed by atoms with Crippen LogP contribution in [0.2, 0.25) is 0 Å². The van der Waals surface area contributed by atoms with Gasteiger partial charge in [-0.1, -0.05) is 60.7 Å². The van der Waals surface area contributed by atoms with Crippen LogP contribution in [0, 0.1) is 5.92 Å². The number of esters is 2. The first-order chi connectivity index (χ1) is 15.7. The fraction of sp³-hybridized carbons (Fsp3) is 0.286. The van der Waals surface area contributed by atoms with Gasteiger partial charge in [0.05, 0.1) is 11.5 Å². The minimum atomic E-state index is -0.296. The molecule has 1 aliphatic rings. The smallest absolute Gasteiger partial charge is 0.338 e. The van der Waals surface area contributed by atoms with E-state index in [9.17, 15) is 9.59 Å². The molecule has 0 amide bonds. The van der Waals surface area contributed by atoms with Gasteiger partial charge in [-0.25, -0.2) is 4.79 Å². The van der Waals surface area contributed by atoms with Crippen LogP contribution in [0.25, 0.3) is 0 Å². The van der Waals surface area contributed by atoms with Gasteiger partial charge in [-0.2, -0.15) is 0 Å². The van der Waals surface area contributed by atoms with Gasteiger partial charge in [0.15, 0.2) is 0 Å². The standard InChI is InChI=1S/C28H28O4/c29-27(23-15-13-22(14-16-23)12-11-21-7-3-1-4-8-21)32-26-19-17-24(18-20-26)28(30)31-25-9-5-2-6-10-25/h1-10,13-16,24,26H,11-12,17-20H2. The van der Waals surface area contributed by atoms with Gasteiger partial charge in [-0.15, -0.1) is 0 Å². The molecule has 164 valence electrons. The van der Waals surface area contributed by atoms with E-state index in [0.29, 0.717) is 37.0 Å². The Morgan fingerprint density at radius 2 is 1.25 bits per heavy atom. The Morgan fingerprint density at radius 1 is 0.688 bits per heavy atom. The van der Waals surface area contributed by atoms with Crippen molar-refractivity contribution in [2.45, 2.75) is 44.6 Å². The van der Waals surface area contributed by atoms with E-state index in [1.54, 1.807) is 12.1 Å².